The summed E-state index contributed by atoms with van der Waals surface area (Å²) in [4.78, 5) is 11.4. The van der Waals surface area contributed by atoms with Gasteiger partial charge in [0.05, 0.1) is 17.7 Å². The van der Waals surface area contributed by atoms with E-state index in [2.05, 4.69) is 10.3 Å². The van der Waals surface area contributed by atoms with Crippen molar-refractivity contribution >= 4 is 17.0 Å². The molecule has 1 aromatic heterocycles. The van der Waals surface area contributed by atoms with Gasteiger partial charge in [-0.05, 0) is 25.1 Å². The molecule has 1 aromatic carbocycles. The number of ether oxygens (including phenoxy) is 1. The molecule has 0 aliphatic heterocycles. The van der Waals surface area contributed by atoms with Crippen molar-refractivity contribution in [2.24, 2.45) is 7.05 Å². The predicted molar refractivity (Wildman–Crippen MR) is 54.5 cm³/mol. The number of rotatable bonds is 2. The Labute approximate surface area is 86.6 Å². The molecule has 0 unspecified atom stereocenters. The van der Waals surface area contributed by atoms with Crippen molar-refractivity contribution in [2.45, 2.75) is 6.92 Å². The molecular weight excluding hydrogens is 194 g/mol. The molecule has 2 rings (SSSR count). The van der Waals surface area contributed by atoms with Crippen LogP contribution in [0.15, 0.2) is 18.2 Å². The Morgan fingerprint density at radius 2 is 2.33 bits per heavy atom. The van der Waals surface area contributed by atoms with Crippen molar-refractivity contribution in [2.75, 3.05) is 6.61 Å². The molecule has 0 saturated heterocycles. The number of esters is 1. The molecule has 2 aromatic rings. The van der Waals surface area contributed by atoms with Gasteiger partial charge in [-0.1, -0.05) is 5.21 Å². The number of aromatic nitrogens is 3. The minimum Gasteiger partial charge on any atom is -0.462 e. The molecule has 0 aliphatic rings. The van der Waals surface area contributed by atoms with Crippen molar-refractivity contribution in [1.29, 1.82) is 0 Å². The Morgan fingerprint density at radius 3 is 3.07 bits per heavy atom. The summed E-state index contributed by atoms with van der Waals surface area (Å²) in [5, 5.41) is 7.78. The van der Waals surface area contributed by atoms with Gasteiger partial charge in [-0.3, -0.25) is 0 Å². The largest absolute Gasteiger partial charge is 0.462 e. The summed E-state index contributed by atoms with van der Waals surface area (Å²) in [6.45, 7) is 2.16. The number of aryl methyl sites for hydroxylation is 1. The van der Waals surface area contributed by atoms with Gasteiger partial charge in [-0.25, -0.2) is 9.48 Å². The molecule has 5 heteroatoms. The first-order valence-corrected chi connectivity index (χ1v) is 4.69. The number of benzene rings is 1. The zero-order chi connectivity index (χ0) is 10.8. The first-order valence-electron chi connectivity index (χ1n) is 4.69. The van der Waals surface area contributed by atoms with Crippen LogP contribution in [0.5, 0.6) is 0 Å². The molecule has 5 nitrogen and oxygen atoms in total. The SMILES string of the molecule is CCOC(=O)c1ccc2nnn(C)c2c1. The predicted octanol–water partition coefficient (Wildman–Crippen LogP) is 1.14. The van der Waals surface area contributed by atoms with Crippen molar-refractivity contribution in [3.05, 3.63) is 23.8 Å². The highest BCUT2D eigenvalue weighted by atomic mass is 16.5. The van der Waals surface area contributed by atoms with Crippen LogP contribution in [-0.4, -0.2) is 27.6 Å². The molecule has 78 valence electrons. The van der Waals surface area contributed by atoms with Gasteiger partial charge in [0.15, 0.2) is 0 Å². The van der Waals surface area contributed by atoms with E-state index in [9.17, 15) is 4.79 Å². The summed E-state index contributed by atoms with van der Waals surface area (Å²) in [5.41, 5.74) is 2.11. The van der Waals surface area contributed by atoms with Crippen LogP contribution in [0.3, 0.4) is 0 Å². The Hall–Kier alpha value is -1.91. The lowest BCUT2D eigenvalue weighted by atomic mass is 10.2. The first kappa shape index (κ1) is 9.64. The average molecular weight is 205 g/mol. The number of hydrogen-bond acceptors (Lipinski definition) is 4. The monoisotopic (exact) mass is 205 g/mol. The highest BCUT2D eigenvalue weighted by molar-refractivity contribution is 5.93. The molecule has 0 amide bonds. The van der Waals surface area contributed by atoms with E-state index in [1.165, 1.54) is 0 Å². The number of hydrogen-bond donors (Lipinski definition) is 0. The van der Waals surface area contributed by atoms with Gasteiger partial charge >= 0.3 is 5.97 Å². The number of carbonyl (C=O) groups excluding carboxylic acids is 1. The summed E-state index contributed by atoms with van der Waals surface area (Å²) in [5.74, 6) is -0.319. The zero-order valence-corrected chi connectivity index (χ0v) is 8.60. The molecular formula is C10H11N3O2. The van der Waals surface area contributed by atoms with Crippen LogP contribution in [0.25, 0.3) is 11.0 Å². The summed E-state index contributed by atoms with van der Waals surface area (Å²) < 4.78 is 6.53. The Balaban J connectivity index is 2.45. The molecule has 0 atom stereocenters. The van der Waals surface area contributed by atoms with E-state index in [1.807, 2.05) is 0 Å². The van der Waals surface area contributed by atoms with E-state index in [-0.39, 0.29) is 5.97 Å². The Morgan fingerprint density at radius 1 is 1.53 bits per heavy atom. The average Bonchev–Trinajstić information content (AvgIpc) is 2.60. The topological polar surface area (TPSA) is 57.0 Å². The third-order valence-corrected chi connectivity index (χ3v) is 2.12. The van der Waals surface area contributed by atoms with E-state index in [1.54, 1.807) is 36.9 Å². The third kappa shape index (κ3) is 1.68. The molecule has 0 N–H and O–H groups in total. The van der Waals surface area contributed by atoms with Gasteiger partial charge in [0.25, 0.3) is 0 Å². The van der Waals surface area contributed by atoms with Gasteiger partial charge in [-0.2, -0.15) is 0 Å². The number of fused-ring (bicyclic) bond motifs is 1. The van der Waals surface area contributed by atoms with Crippen molar-refractivity contribution < 1.29 is 9.53 Å². The lowest BCUT2D eigenvalue weighted by molar-refractivity contribution is 0.0526. The standard InChI is InChI=1S/C10H11N3O2/c1-3-15-10(14)7-4-5-8-9(6-7)13(2)12-11-8/h4-6H,3H2,1-2H3. The zero-order valence-electron chi connectivity index (χ0n) is 8.60. The highest BCUT2D eigenvalue weighted by Gasteiger charge is 2.09. The number of nitrogens with zero attached hydrogens (tertiary/aromatic N) is 3. The maximum atomic E-state index is 11.4. The van der Waals surface area contributed by atoms with Crippen LogP contribution in [0.1, 0.15) is 17.3 Å². The molecule has 0 fully saturated rings. The normalized spacial score (nSPS) is 10.5. The molecule has 1 heterocycles. The molecule has 0 aliphatic carbocycles. The fourth-order valence-corrected chi connectivity index (χ4v) is 1.37. The van der Waals surface area contributed by atoms with E-state index in [0.29, 0.717) is 12.2 Å². The van der Waals surface area contributed by atoms with Crippen molar-refractivity contribution in [1.82, 2.24) is 15.0 Å². The van der Waals surface area contributed by atoms with Crippen LogP contribution in [0.2, 0.25) is 0 Å². The van der Waals surface area contributed by atoms with Gasteiger partial charge in [0.1, 0.15) is 5.52 Å². The van der Waals surface area contributed by atoms with Gasteiger partial charge in [-0.15, -0.1) is 5.10 Å². The maximum absolute atomic E-state index is 11.4. The summed E-state index contributed by atoms with van der Waals surface area (Å²) in [6.07, 6.45) is 0. The molecule has 0 spiro atoms. The van der Waals surface area contributed by atoms with Crippen LogP contribution >= 0.6 is 0 Å². The smallest absolute Gasteiger partial charge is 0.338 e. The van der Waals surface area contributed by atoms with E-state index >= 15 is 0 Å². The molecule has 0 bridgehead atoms. The van der Waals surface area contributed by atoms with E-state index in [4.69, 9.17) is 4.74 Å². The first-order chi connectivity index (χ1) is 7.22. The molecule has 0 saturated carbocycles. The molecule has 0 radical (unpaired) electrons. The van der Waals surface area contributed by atoms with Gasteiger partial charge < -0.3 is 4.74 Å². The van der Waals surface area contributed by atoms with Crippen LogP contribution in [0.4, 0.5) is 0 Å². The number of carbonyl (C=O) groups is 1. The fraction of sp³-hybridized carbons (Fsp3) is 0.300. The second-order valence-electron chi connectivity index (χ2n) is 3.14. The van der Waals surface area contributed by atoms with E-state index in [0.717, 1.165) is 11.0 Å². The second-order valence-corrected chi connectivity index (χ2v) is 3.14. The quantitative estimate of drug-likeness (QED) is 0.690. The van der Waals surface area contributed by atoms with Gasteiger partial charge in [0.2, 0.25) is 0 Å². The third-order valence-electron chi connectivity index (χ3n) is 2.12. The Kier molecular flexibility index (Phi) is 2.37. The van der Waals surface area contributed by atoms with Crippen molar-refractivity contribution in [3.63, 3.8) is 0 Å². The lowest BCUT2D eigenvalue weighted by Crippen LogP contribution is -2.04. The minimum atomic E-state index is -0.319. The van der Waals surface area contributed by atoms with Crippen molar-refractivity contribution in [3.8, 4) is 0 Å². The lowest BCUT2D eigenvalue weighted by Gasteiger charge is -2.01. The molecule has 15 heavy (non-hydrogen) atoms. The highest BCUT2D eigenvalue weighted by Crippen LogP contribution is 2.13. The summed E-state index contributed by atoms with van der Waals surface area (Å²) in [7, 11) is 1.78. The van der Waals surface area contributed by atoms with Crippen LogP contribution in [-0.2, 0) is 11.8 Å². The minimum absolute atomic E-state index is 0.319. The maximum Gasteiger partial charge on any atom is 0.338 e. The summed E-state index contributed by atoms with van der Waals surface area (Å²) >= 11 is 0. The van der Waals surface area contributed by atoms with Crippen LogP contribution < -0.4 is 0 Å². The van der Waals surface area contributed by atoms with Gasteiger partial charge in [0, 0.05) is 7.05 Å². The fourth-order valence-electron chi connectivity index (χ4n) is 1.37. The van der Waals surface area contributed by atoms with E-state index < -0.39 is 0 Å². The summed E-state index contributed by atoms with van der Waals surface area (Å²) in [6, 6.07) is 5.18. The second kappa shape index (κ2) is 3.68. The van der Waals surface area contributed by atoms with Crippen LogP contribution in [0, 0.1) is 0 Å². The Bertz CT molecular complexity index is 504.